The van der Waals surface area contributed by atoms with E-state index >= 15 is 0 Å². The topological polar surface area (TPSA) is 60.9 Å². The highest BCUT2D eigenvalue weighted by Crippen LogP contribution is 2.15. The molecular weight excluding hydrogens is 250 g/mol. The predicted molar refractivity (Wildman–Crippen MR) is 80.0 cm³/mol. The van der Waals surface area contributed by atoms with Gasteiger partial charge in [0.05, 0.1) is 23.1 Å². The third-order valence-corrected chi connectivity index (χ3v) is 3.37. The predicted octanol–water partition coefficient (Wildman–Crippen LogP) is 2.15. The normalized spacial score (nSPS) is 10.9. The van der Waals surface area contributed by atoms with E-state index in [1.54, 1.807) is 4.57 Å². The zero-order valence-electron chi connectivity index (χ0n) is 11.2. The lowest BCUT2D eigenvalue weighted by atomic mass is 10.1. The molecule has 0 spiro atoms. The minimum absolute atomic E-state index is 0.0697. The van der Waals surface area contributed by atoms with Crippen LogP contribution in [0.25, 0.3) is 16.6 Å². The average Bonchev–Trinajstić information content (AvgIpc) is 2.47. The molecule has 100 valence electrons. The molecule has 0 aliphatic rings. The Morgan fingerprint density at radius 3 is 2.55 bits per heavy atom. The lowest BCUT2D eigenvalue weighted by Crippen LogP contribution is -2.26. The second-order valence-corrected chi connectivity index (χ2v) is 4.68. The Hall–Kier alpha value is -2.46. The standard InChI is InChI=1S/C16H15N3O/c1-11-6-5-9-13-15(11)16(20)19(14(10-17)18-13)12-7-3-2-4-8-12/h2-9H,10,17H2,1H3. The van der Waals surface area contributed by atoms with Gasteiger partial charge in [-0.1, -0.05) is 30.3 Å². The van der Waals surface area contributed by atoms with Crippen LogP contribution in [0.15, 0.2) is 53.3 Å². The van der Waals surface area contributed by atoms with Crippen LogP contribution in [0.5, 0.6) is 0 Å². The van der Waals surface area contributed by atoms with Crippen LogP contribution in [0, 0.1) is 6.92 Å². The summed E-state index contributed by atoms with van der Waals surface area (Å²) in [5.41, 5.74) is 8.10. The van der Waals surface area contributed by atoms with E-state index in [0.29, 0.717) is 16.7 Å². The first-order chi connectivity index (χ1) is 9.72. The Labute approximate surface area is 116 Å². The van der Waals surface area contributed by atoms with Crippen LogP contribution in [-0.2, 0) is 6.54 Å². The number of hydrogen-bond donors (Lipinski definition) is 1. The van der Waals surface area contributed by atoms with Crippen molar-refractivity contribution in [2.45, 2.75) is 13.5 Å². The average molecular weight is 265 g/mol. The Kier molecular flexibility index (Phi) is 3.08. The van der Waals surface area contributed by atoms with E-state index in [1.807, 2.05) is 55.5 Å². The van der Waals surface area contributed by atoms with Crippen molar-refractivity contribution in [3.8, 4) is 5.69 Å². The summed E-state index contributed by atoms with van der Waals surface area (Å²) in [6, 6.07) is 15.1. The molecule has 4 heteroatoms. The monoisotopic (exact) mass is 265 g/mol. The number of aromatic nitrogens is 2. The van der Waals surface area contributed by atoms with Gasteiger partial charge in [0.15, 0.2) is 0 Å². The molecule has 0 aliphatic carbocycles. The minimum atomic E-state index is -0.0697. The summed E-state index contributed by atoms with van der Waals surface area (Å²) in [5.74, 6) is 0.569. The van der Waals surface area contributed by atoms with Gasteiger partial charge >= 0.3 is 0 Å². The van der Waals surface area contributed by atoms with Gasteiger partial charge in [0.2, 0.25) is 0 Å². The summed E-state index contributed by atoms with van der Waals surface area (Å²) in [7, 11) is 0. The molecule has 0 saturated heterocycles. The molecule has 0 atom stereocenters. The van der Waals surface area contributed by atoms with E-state index in [1.165, 1.54) is 0 Å². The van der Waals surface area contributed by atoms with E-state index in [-0.39, 0.29) is 12.1 Å². The van der Waals surface area contributed by atoms with E-state index in [2.05, 4.69) is 4.98 Å². The fourth-order valence-electron chi connectivity index (χ4n) is 2.42. The fourth-order valence-corrected chi connectivity index (χ4v) is 2.42. The van der Waals surface area contributed by atoms with Gasteiger partial charge in [-0.3, -0.25) is 9.36 Å². The highest BCUT2D eigenvalue weighted by atomic mass is 16.1. The van der Waals surface area contributed by atoms with Crippen molar-refractivity contribution in [2.75, 3.05) is 0 Å². The van der Waals surface area contributed by atoms with Gasteiger partial charge in [-0.25, -0.2) is 4.98 Å². The number of hydrogen-bond acceptors (Lipinski definition) is 3. The van der Waals surface area contributed by atoms with Crippen molar-refractivity contribution in [3.05, 3.63) is 70.3 Å². The molecule has 0 aliphatic heterocycles. The number of benzene rings is 2. The molecule has 0 amide bonds. The van der Waals surface area contributed by atoms with Crippen LogP contribution in [0.3, 0.4) is 0 Å². The molecule has 0 saturated carbocycles. The number of rotatable bonds is 2. The third kappa shape index (κ3) is 1.90. The fraction of sp³-hybridized carbons (Fsp3) is 0.125. The molecule has 1 heterocycles. The van der Waals surface area contributed by atoms with Gasteiger partial charge in [-0.15, -0.1) is 0 Å². The quantitative estimate of drug-likeness (QED) is 0.772. The number of fused-ring (bicyclic) bond motifs is 1. The summed E-state index contributed by atoms with van der Waals surface area (Å²) < 4.78 is 1.59. The van der Waals surface area contributed by atoms with E-state index in [9.17, 15) is 4.79 Å². The number of para-hydroxylation sites is 1. The Bertz CT molecular complexity index is 822. The van der Waals surface area contributed by atoms with Crippen molar-refractivity contribution < 1.29 is 0 Å². The smallest absolute Gasteiger partial charge is 0.266 e. The van der Waals surface area contributed by atoms with Crippen LogP contribution in [0.2, 0.25) is 0 Å². The van der Waals surface area contributed by atoms with Crippen molar-refractivity contribution >= 4 is 10.9 Å². The Morgan fingerprint density at radius 2 is 1.85 bits per heavy atom. The van der Waals surface area contributed by atoms with Crippen molar-refractivity contribution in [3.63, 3.8) is 0 Å². The first-order valence-corrected chi connectivity index (χ1v) is 6.49. The first kappa shape index (κ1) is 12.6. The Balaban J connectivity index is 2.45. The molecule has 4 nitrogen and oxygen atoms in total. The van der Waals surface area contributed by atoms with E-state index < -0.39 is 0 Å². The number of nitrogens with two attached hydrogens (primary N) is 1. The zero-order valence-corrected chi connectivity index (χ0v) is 11.2. The van der Waals surface area contributed by atoms with Crippen LogP contribution >= 0.6 is 0 Å². The zero-order chi connectivity index (χ0) is 14.1. The summed E-state index contributed by atoms with van der Waals surface area (Å²) in [6.45, 7) is 2.14. The second kappa shape index (κ2) is 4.90. The lowest BCUT2D eigenvalue weighted by molar-refractivity contribution is 0.816. The minimum Gasteiger partial charge on any atom is -0.324 e. The Morgan fingerprint density at radius 1 is 1.10 bits per heavy atom. The van der Waals surface area contributed by atoms with Crippen LogP contribution in [0.4, 0.5) is 0 Å². The van der Waals surface area contributed by atoms with Gasteiger partial charge in [0.25, 0.3) is 5.56 Å². The summed E-state index contributed by atoms with van der Waals surface area (Å²) in [5, 5.41) is 0.647. The largest absolute Gasteiger partial charge is 0.324 e. The maximum Gasteiger partial charge on any atom is 0.266 e. The lowest BCUT2D eigenvalue weighted by Gasteiger charge is -2.13. The van der Waals surface area contributed by atoms with Crippen LogP contribution in [-0.4, -0.2) is 9.55 Å². The summed E-state index contributed by atoms with van der Waals surface area (Å²) >= 11 is 0. The maximum atomic E-state index is 12.8. The maximum absolute atomic E-state index is 12.8. The molecule has 2 N–H and O–H groups in total. The number of aryl methyl sites for hydroxylation is 1. The van der Waals surface area contributed by atoms with Crippen molar-refractivity contribution in [1.82, 2.24) is 9.55 Å². The molecule has 0 bridgehead atoms. The molecular formula is C16H15N3O. The van der Waals surface area contributed by atoms with Gasteiger partial charge in [-0.2, -0.15) is 0 Å². The SMILES string of the molecule is Cc1cccc2nc(CN)n(-c3ccccc3)c(=O)c12. The molecule has 3 aromatic rings. The van der Waals surface area contributed by atoms with Crippen LogP contribution < -0.4 is 11.3 Å². The number of nitrogens with zero attached hydrogens (tertiary/aromatic N) is 2. The molecule has 2 aromatic carbocycles. The first-order valence-electron chi connectivity index (χ1n) is 6.49. The molecule has 3 rings (SSSR count). The highest BCUT2D eigenvalue weighted by molar-refractivity contribution is 5.81. The summed E-state index contributed by atoms with van der Waals surface area (Å²) in [4.78, 5) is 17.3. The van der Waals surface area contributed by atoms with Gasteiger partial charge in [-0.05, 0) is 30.7 Å². The van der Waals surface area contributed by atoms with Gasteiger partial charge < -0.3 is 5.73 Å². The molecule has 20 heavy (non-hydrogen) atoms. The molecule has 0 fully saturated rings. The highest BCUT2D eigenvalue weighted by Gasteiger charge is 2.12. The van der Waals surface area contributed by atoms with Gasteiger partial charge in [0, 0.05) is 0 Å². The van der Waals surface area contributed by atoms with E-state index in [4.69, 9.17) is 5.73 Å². The van der Waals surface area contributed by atoms with Crippen molar-refractivity contribution in [2.24, 2.45) is 5.73 Å². The third-order valence-electron chi connectivity index (χ3n) is 3.37. The van der Waals surface area contributed by atoms with Gasteiger partial charge in [0.1, 0.15) is 5.82 Å². The second-order valence-electron chi connectivity index (χ2n) is 4.68. The van der Waals surface area contributed by atoms with Crippen molar-refractivity contribution in [1.29, 1.82) is 0 Å². The molecule has 1 aromatic heterocycles. The molecule has 0 radical (unpaired) electrons. The van der Waals surface area contributed by atoms with Crippen LogP contribution in [0.1, 0.15) is 11.4 Å². The molecule has 0 unspecified atom stereocenters. The summed E-state index contributed by atoms with van der Waals surface area (Å²) in [6.07, 6.45) is 0. The van der Waals surface area contributed by atoms with E-state index in [0.717, 1.165) is 11.3 Å².